The van der Waals surface area contributed by atoms with Gasteiger partial charge in [-0.1, -0.05) is 0 Å². The van der Waals surface area contributed by atoms with E-state index in [0.29, 0.717) is 0 Å². The highest BCUT2D eigenvalue weighted by atomic mass is 79.9. The van der Waals surface area contributed by atoms with Crippen molar-refractivity contribution in [3.05, 3.63) is 27.7 Å². The minimum Gasteiger partial charge on any atom is -0.495 e. The van der Waals surface area contributed by atoms with Gasteiger partial charge in [0.1, 0.15) is 5.75 Å². The van der Waals surface area contributed by atoms with Gasteiger partial charge in [-0.05, 0) is 41.9 Å². The van der Waals surface area contributed by atoms with E-state index >= 15 is 0 Å². The number of fused-ring (bicyclic) bond motifs is 1. The summed E-state index contributed by atoms with van der Waals surface area (Å²) in [6, 6.07) is 3.69. The summed E-state index contributed by atoms with van der Waals surface area (Å²) in [6.07, 6.45) is 0. The highest BCUT2D eigenvalue weighted by Crippen LogP contribution is 2.45. The lowest BCUT2D eigenvalue weighted by molar-refractivity contribution is 0.0689. The first-order valence-electron chi connectivity index (χ1n) is 5.06. The Kier molecular flexibility index (Phi) is 2.49. The molecule has 1 aliphatic heterocycles. The van der Waals surface area contributed by atoms with Crippen molar-refractivity contribution in [3.8, 4) is 5.75 Å². The molecule has 4 heteroatoms. The lowest BCUT2D eigenvalue weighted by atomic mass is 9.93. The van der Waals surface area contributed by atoms with Gasteiger partial charge in [-0.25, -0.2) is 0 Å². The second-order valence-electron chi connectivity index (χ2n) is 4.43. The standard InChI is InChI=1S/C12H14BrNO2/c1-12(2)9-7(11(15)14(12)3)5-6-8(13)10(9)16-4/h5-6H,1-4H3. The molecule has 0 saturated carbocycles. The molecule has 86 valence electrons. The smallest absolute Gasteiger partial charge is 0.254 e. The Morgan fingerprint density at radius 1 is 1.38 bits per heavy atom. The second-order valence-corrected chi connectivity index (χ2v) is 5.28. The van der Waals surface area contributed by atoms with E-state index in [1.807, 2.05) is 33.0 Å². The average Bonchev–Trinajstić information content (AvgIpc) is 2.41. The summed E-state index contributed by atoms with van der Waals surface area (Å²) in [6.45, 7) is 4.04. The van der Waals surface area contributed by atoms with Gasteiger partial charge in [-0.15, -0.1) is 0 Å². The lowest BCUT2D eigenvalue weighted by Crippen LogP contribution is -2.35. The number of rotatable bonds is 1. The first-order chi connectivity index (χ1) is 7.41. The van der Waals surface area contributed by atoms with E-state index < -0.39 is 0 Å². The SMILES string of the molecule is COc1c(Br)ccc2c1C(C)(C)N(C)C2=O. The summed E-state index contributed by atoms with van der Waals surface area (Å²) in [5.74, 6) is 0.797. The molecule has 0 aliphatic carbocycles. The summed E-state index contributed by atoms with van der Waals surface area (Å²) in [5.41, 5.74) is 1.35. The monoisotopic (exact) mass is 283 g/mol. The maximum atomic E-state index is 12.0. The molecule has 16 heavy (non-hydrogen) atoms. The fourth-order valence-electron chi connectivity index (χ4n) is 2.14. The van der Waals surface area contributed by atoms with Crippen LogP contribution in [0.2, 0.25) is 0 Å². The van der Waals surface area contributed by atoms with E-state index in [9.17, 15) is 4.79 Å². The van der Waals surface area contributed by atoms with Gasteiger partial charge in [0, 0.05) is 18.2 Å². The predicted molar refractivity (Wildman–Crippen MR) is 65.8 cm³/mol. The number of methoxy groups -OCH3 is 1. The first kappa shape index (κ1) is 11.5. The van der Waals surface area contributed by atoms with Crippen LogP contribution in [0, 0.1) is 0 Å². The van der Waals surface area contributed by atoms with E-state index in [1.54, 1.807) is 12.0 Å². The second kappa shape index (κ2) is 3.48. The molecule has 0 radical (unpaired) electrons. The van der Waals surface area contributed by atoms with Gasteiger partial charge in [0.05, 0.1) is 17.1 Å². The third kappa shape index (κ3) is 1.29. The van der Waals surface area contributed by atoms with Crippen LogP contribution in [0.15, 0.2) is 16.6 Å². The Bertz CT molecular complexity index is 468. The molecule has 1 aliphatic rings. The Morgan fingerprint density at radius 2 is 2.00 bits per heavy atom. The molecular weight excluding hydrogens is 270 g/mol. The van der Waals surface area contributed by atoms with Crippen LogP contribution in [0.3, 0.4) is 0 Å². The topological polar surface area (TPSA) is 29.5 Å². The van der Waals surface area contributed by atoms with Crippen molar-refractivity contribution in [2.75, 3.05) is 14.2 Å². The Morgan fingerprint density at radius 3 is 2.56 bits per heavy atom. The third-order valence-electron chi connectivity index (χ3n) is 3.30. The van der Waals surface area contributed by atoms with Gasteiger partial charge < -0.3 is 9.64 Å². The molecule has 0 unspecified atom stereocenters. The zero-order valence-corrected chi connectivity index (χ0v) is 11.4. The van der Waals surface area contributed by atoms with E-state index in [0.717, 1.165) is 21.3 Å². The number of carbonyl (C=O) groups is 1. The minimum atomic E-state index is -0.332. The van der Waals surface area contributed by atoms with Crippen molar-refractivity contribution in [3.63, 3.8) is 0 Å². The summed E-state index contributed by atoms with van der Waals surface area (Å²) in [4.78, 5) is 13.8. The highest BCUT2D eigenvalue weighted by Gasteiger charge is 2.43. The Labute approximate surface area is 104 Å². The molecule has 0 N–H and O–H groups in total. The van der Waals surface area contributed by atoms with E-state index in [-0.39, 0.29) is 11.4 Å². The van der Waals surface area contributed by atoms with Crippen molar-refractivity contribution in [1.82, 2.24) is 4.90 Å². The largest absolute Gasteiger partial charge is 0.495 e. The maximum Gasteiger partial charge on any atom is 0.254 e. The van der Waals surface area contributed by atoms with Gasteiger partial charge >= 0.3 is 0 Å². The maximum absolute atomic E-state index is 12.0. The van der Waals surface area contributed by atoms with Crippen molar-refractivity contribution in [1.29, 1.82) is 0 Å². The molecule has 1 aromatic rings. The van der Waals surface area contributed by atoms with Crippen LogP contribution >= 0.6 is 15.9 Å². The van der Waals surface area contributed by atoms with Crippen molar-refractivity contribution in [2.24, 2.45) is 0 Å². The normalized spacial score (nSPS) is 17.6. The van der Waals surface area contributed by atoms with Crippen LogP contribution in [0.25, 0.3) is 0 Å². The fourth-order valence-corrected chi connectivity index (χ4v) is 2.64. The van der Waals surface area contributed by atoms with Crippen LogP contribution in [0.4, 0.5) is 0 Å². The van der Waals surface area contributed by atoms with Crippen molar-refractivity contribution < 1.29 is 9.53 Å². The predicted octanol–water partition coefficient (Wildman–Crippen LogP) is 2.78. The molecule has 1 aromatic carbocycles. The van der Waals surface area contributed by atoms with Crippen LogP contribution in [0.5, 0.6) is 5.75 Å². The summed E-state index contributed by atoms with van der Waals surface area (Å²) in [5, 5.41) is 0. The minimum absolute atomic E-state index is 0.0470. The van der Waals surface area contributed by atoms with Crippen LogP contribution in [-0.4, -0.2) is 25.0 Å². The molecule has 0 atom stereocenters. The molecule has 2 rings (SSSR count). The molecule has 0 saturated heterocycles. The average molecular weight is 284 g/mol. The zero-order chi connectivity index (χ0) is 12.1. The van der Waals surface area contributed by atoms with E-state index in [4.69, 9.17) is 4.74 Å². The number of ether oxygens (including phenoxy) is 1. The number of amides is 1. The molecular formula is C12H14BrNO2. The summed E-state index contributed by atoms with van der Waals surface area (Å²) in [7, 11) is 3.44. The Hall–Kier alpha value is -1.03. The molecule has 0 spiro atoms. The van der Waals surface area contributed by atoms with Gasteiger partial charge in [0.25, 0.3) is 5.91 Å². The molecule has 0 bridgehead atoms. The van der Waals surface area contributed by atoms with Gasteiger partial charge in [0.15, 0.2) is 0 Å². The molecule has 0 aromatic heterocycles. The number of hydrogen-bond donors (Lipinski definition) is 0. The highest BCUT2D eigenvalue weighted by molar-refractivity contribution is 9.10. The van der Waals surface area contributed by atoms with Crippen molar-refractivity contribution in [2.45, 2.75) is 19.4 Å². The zero-order valence-electron chi connectivity index (χ0n) is 9.80. The number of carbonyl (C=O) groups excluding carboxylic acids is 1. The summed E-state index contributed by atoms with van der Waals surface area (Å²) < 4.78 is 6.27. The number of hydrogen-bond acceptors (Lipinski definition) is 2. The van der Waals surface area contributed by atoms with Crippen LogP contribution in [0.1, 0.15) is 29.8 Å². The number of nitrogens with zero attached hydrogens (tertiary/aromatic N) is 1. The first-order valence-corrected chi connectivity index (χ1v) is 5.85. The quantitative estimate of drug-likeness (QED) is 0.793. The van der Waals surface area contributed by atoms with Gasteiger partial charge in [-0.2, -0.15) is 0 Å². The van der Waals surface area contributed by atoms with E-state index in [2.05, 4.69) is 15.9 Å². The molecule has 1 heterocycles. The molecule has 0 fully saturated rings. The number of benzene rings is 1. The Balaban J connectivity index is 2.78. The van der Waals surface area contributed by atoms with Gasteiger partial charge in [0.2, 0.25) is 0 Å². The summed E-state index contributed by atoms with van der Waals surface area (Å²) >= 11 is 3.45. The molecule has 3 nitrogen and oxygen atoms in total. The van der Waals surface area contributed by atoms with Crippen molar-refractivity contribution >= 4 is 21.8 Å². The van der Waals surface area contributed by atoms with Gasteiger partial charge in [-0.3, -0.25) is 4.79 Å². The fraction of sp³-hybridized carbons (Fsp3) is 0.417. The molecule has 1 amide bonds. The van der Waals surface area contributed by atoms with Crippen LogP contribution < -0.4 is 4.74 Å². The van der Waals surface area contributed by atoms with E-state index in [1.165, 1.54) is 0 Å². The van der Waals surface area contributed by atoms with Crippen LogP contribution in [-0.2, 0) is 5.54 Å². The lowest BCUT2D eigenvalue weighted by Gasteiger charge is -2.29. The third-order valence-corrected chi connectivity index (χ3v) is 3.92. The number of halogens is 1.